The van der Waals surface area contributed by atoms with E-state index in [0.717, 1.165) is 25.9 Å². The van der Waals surface area contributed by atoms with E-state index in [2.05, 4.69) is 9.97 Å². The van der Waals surface area contributed by atoms with Crippen LogP contribution in [0.15, 0.2) is 6.33 Å². The number of nitrogens with two attached hydrogens (primary N) is 1. The predicted octanol–water partition coefficient (Wildman–Crippen LogP) is 1.74. The molecule has 5 heteroatoms. The second-order valence-corrected chi connectivity index (χ2v) is 4.84. The fourth-order valence-electron chi connectivity index (χ4n) is 2.59. The van der Waals surface area contributed by atoms with E-state index in [1.54, 1.807) is 0 Å². The molecule has 2 heterocycles. The predicted molar refractivity (Wildman–Crippen MR) is 70.0 cm³/mol. The highest BCUT2D eigenvalue weighted by Crippen LogP contribution is 2.25. The Hall–Kier alpha value is -1.23. The van der Waals surface area contributed by atoms with Crippen molar-refractivity contribution in [3.63, 3.8) is 0 Å². The van der Waals surface area contributed by atoms with Crippen molar-refractivity contribution in [3.05, 3.63) is 17.8 Å². The minimum atomic E-state index is -0.256. The maximum Gasteiger partial charge on any atom is 0.187 e. The molecule has 2 N–H and O–H groups in total. The molecule has 0 bridgehead atoms. The van der Waals surface area contributed by atoms with Crippen LogP contribution < -0.4 is 10.6 Å². The van der Waals surface area contributed by atoms with Gasteiger partial charge in [-0.15, -0.1) is 0 Å². The minimum absolute atomic E-state index is 0.256. The maximum absolute atomic E-state index is 14.2. The van der Waals surface area contributed by atoms with E-state index in [1.807, 2.05) is 11.8 Å². The largest absolute Gasteiger partial charge is 0.354 e. The SMILES string of the molecule is CCc1ncnc(N2CCCC(CCN)C2)c1F. The van der Waals surface area contributed by atoms with Gasteiger partial charge in [0.2, 0.25) is 0 Å². The lowest BCUT2D eigenvalue weighted by Gasteiger charge is -2.33. The first kappa shape index (κ1) is 13.2. The summed E-state index contributed by atoms with van der Waals surface area (Å²) < 4.78 is 14.2. The van der Waals surface area contributed by atoms with E-state index in [0.29, 0.717) is 30.4 Å². The van der Waals surface area contributed by atoms with Gasteiger partial charge < -0.3 is 10.6 Å². The lowest BCUT2D eigenvalue weighted by Crippen LogP contribution is -2.37. The third-order valence-electron chi connectivity index (χ3n) is 3.57. The van der Waals surface area contributed by atoms with E-state index in [4.69, 9.17) is 5.73 Å². The Bertz CT molecular complexity index is 395. The lowest BCUT2D eigenvalue weighted by atomic mass is 9.95. The van der Waals surface area contributed by atoms with E-state index < -0.39 is 0 Å². The fraction of sp³-hybridized carbons (Fsp3) is 0.692. The van der Waals surface area contributed by atoms with Crippen molar-refractivity contribution in [1.82, 2.24) is 9.97 Å². The highest BCUT2D eigenvalue weighted by Gasteiger charge is 2.23. The van der Waals surface area contributed by atoms with Gasteiger partial charge in [-0.1, -0.05) is 6.92 Å². The van der Waals surface area contributed by atoms with Gasteiger partial charge in [0.1, 0.15) is 6.33 Å². The molecule has 100 valence electrons. The topological polar surface area (TPSA) is 55.0 Å². The molecule has 2 rings (SSSR count). The van der Waals surface area contributed by atoms with Gasteiger partial charge in [0.05, 0.1) is 5.69 Å². The second kappa shape index (κ2) is 6.09. The maximum atomic E-state index is 14.2. The number of aromatic nitrogens is 2. The molecule has 1 aliphatic rings. The summed E-state index contributed by atoms with van der Waals surface area (Å²) >= 11 is 0. The molecule has 0 spiro atoms. The van der Waals surface area contributed by atoms with Gasteiger partial charge in [-0.25, -0.2) is 14.4 Å². The summed E-state index contributed by atoms with van der Waals surface area (Å²) in [4.78, 5) is 10.1. The summed E-state index contributed by atoms with van der Waals surface area (Å²) in [5.41, 5.74) is 6.10. The number of nitrogens with zero attached hydrogens (tertiary/aromatic N) is 3. The van der Waals surface area contributed by atoms with Crippen LogP contribution in [0, 0.1) is 11.7 Å². The van der Waals surface area contributed by atoms with Crippen LogP contribution >= 0.6 is 0 Å². The average molecular weight is 252 g/mol. The number of anilines is 1. The molecule has 1 aromatic heterocycles. The zero-order chi connectivity index (χ0) is 13.0. The third kappa shape index (κ3) is 2.77. The molecular weight excluding hydrogens is 231 g/mol. The zero-order valence-electron chi connectivity index (χ0n) is 10.9. The average Bonchev–Trinajstić information content (AvgIpc) is 2.40. The Balaban J connectivity index is 2.15. The Morgan fingerprint density at radius 3 is 3.06 bits per heavy atom. The number of hydrogen-bond acceptors (Lipinski definition) is 4. The smallest absolute Gasteiger partial charge is 0.187 e. The van der Waals surface area contributed by atoms with E-state index in [9.17, 15) is 4.39 Å². The van der Waals surface area contributed by atoms with Crippen molar-refractivity contribution in [3.8, 4) is 0 Å². The summed E-state index contributed by atoms with van der Waals surface area (Å²) in [5, 5.41) is 0. The van der Waals surface area contributed by atoms with Gasteiger partial charge in [-0.05, 0) is 38.1 Å². The Morgan fingerprint density at radius 2 is 2.33 bits per heavy atom. The molecule has 0 aliphatic carbocycles. The molecule has 1 aliphatic heterocycles. The molecule has 1 fully saturated rings. The molecule has 1 saturated heterocycles. The second-order valence-electron chi connectivity index (χ2n) is 4.84. The Kier molecular flexibility index (Phi) is 4.47. The molecular formula is C13H21FN4. The van der Waals surface area contributed by atoms with E-state index in [1.165, 1.54) is 12.7 Å². The number of halogens is 1. The van der Waals surface area contributed by atoms with Gasteiger partial charge in [0.15, 0.2) is 11.6 Å². The lowest BCUT2D eigenvalue weighted by molar-refractivity contribution is 0.390. The quantitative estimate of drug-likeness (QED) is 0.887. The summed E-state index contributed by atoms with van der Waals surface area (Å²) in [6, 6.07) is 0. The summed E-state index contributed by atoms with van der Waals surface area (Å²) in [7, 11) is 0. The van der Waals surface area contributed by atoms with Crippen molar-refractivity contribution in [2.45, 2.75) is 32.6 Å². The molecule has 1 aromatic rings. The minimum Gasteiger partial charge on any atom is -0.354 e. The number of rotatable bonds is 4. The van der Waals surface area contributed by atoms with Gasteiger partial charge in [0, 0.05) is 13.1 Å². The van der Waals surface area contributed by atoms with Crippen LogP contribution in [0.2, 0.25) is 0 Å². The third-order valence-corrected chi connectivity index (χ3v) is 3.57. The first-order valence-corrected chi connectivity index (χ1v) is 6.70. The van der Waals surface area contributed by atoms with Crippen molar-refractivity contribution in [2.24, 2.45) is 11.7 Å². The van der Waals surface area contributed by atoms with Crippen LogP contribution in [0.4, 0.5) is 10.2 Å². The molecule has 0 amide bonds. The molecule has 0 aromatic carbocycles. The molecule has 0 radical (unpaired) electrons. The summed E-state index contributed by atoms with van der Waals surface area (Å²) in [5.74, 6) is 0.764. The highest BCUT2D eigenvalue weighted by atomic mass is 19.1. The van der Waals surface area contributed by atoms with Crippen molar-refractivity contribution in [2.75, 3.05) is 24.5 Å². The highest BCUT2D eigenvalue weighted by molar-refractivity contribution is 5.41. The van der Waals surface area contributed by atoms with Gasteiger partial charge >= 0.3 is 0 Å². The van der Waals surface area contributed by atoms with E-state index in [-0.39, 0.29) is 5.82 Å². The number of aryl methyl sites for hydroxylation is 1. The van der Waals surface area contributed by atoms with Gasteiger partial charge in [0.25, 0.3) is 0 Å². The summed E-state index contributed by atoms with van der Waals surface area (Å²) in [6.07, 6.45) is 5.33. The molecule has 1 unspecified atom stereocenters. The molecule has 18 heavy (non-hydrogen) atoms. The van der Waals surface area contributed by atoms with Crippen LogP contribution in [0.5, 0.6) is 0 Å². The molecule has 0 saturated carbocycles. The van der Waals surface area contributed by atoms with Crippen LogP contribution in [0.3, 0.4) is 0 Å². The summed E-state index contributed by atoms with van der Waals surface area (Å²) in [6.45, 7) is 4.33. The number of hydrogen-bond donors (Lipinski definition) is 1. The van der Waals surface area contributed by atoms with Crippen LogP contribution in [-0.4, -0.2) is 29.6 Å². The standard InChI is InChI=1S/C13H21FN4/c1-2-11-12(14)13(17-9-16-11)18-7-3-4-10(8-18)5-6-15/h9-10H,2-8,15H2,1H3. The van der Waals surface area contributed by atoms with Gasteiger partial charge in [-0.2, -0.15) is 0 Å². The van der Waals surface area contributed by atoms with Gasteiger partial charge in [-0.3, -0.25) is 0 Å². The normalized spacial score (nSPS) is 20.2. The van der Waals surface area contributed by atoms with Crippen molar-refractivity contribution in [1.29, 1.82) is 0 Å². The van der Waals surface area contributed by atoms with Crippen LogP contribution in [0.1, 0.15) is 31.9 Å². The Morgan fingerprint density at radius 1 is 1.50 bits per heavy atom. The first-order chi connectivity index (χ1) is 8.76. The Labute approximate surface area is 107 Å². The van der Waals surface area contributed by atoms with Crippen molar-refractivity contribution < 1.29 is 4.39 Å². The number of piperidine rings is 1. The van der Waals surface area contributed by atoms with Crippen LogP contribution in [-0.2, 0) is 6.42 Å². The first-order valence-electron chi connectivity index (χ1n) is 6.70. The molecule has 4 nitrogen and oxygen atoms in total. The van der Waals surface area contributed by atoms with Crippen LogP contribution in [0.25, 0.3) is 0 Å². The fourth-order valence-corrected chi connectivity index (χ4v) is 2.59. The van der Waals surface area contributed by atoms with Crippen molar-refractivity contribution >= 4 is 5.82 Å². The van der Waals surface area contributed by atoms with E-state index >= 15 is 0 Å². The molecule has 1 atom stereocenters. The monoisotopic (exact) mass is 252 g/mol. The zero-order valence-corrected chi connectivity index (χ0v) is 10.9.